The third-order valence-corrected chi connectivity index (χ3v) is 3.17. The highest BCUT2D eigenvalue weighted by molar-refractivity contribution is 5.85. The number of piperidine rings is 1. The second-order valence-corrected chi connectivity index (χ2v) is 4.73. The highest BCUT2D eigenvalue weighted by Gasteiger charge is 2.26. The van der Waals surface area contributed by atoms with E-state index in [-0.39, 0.29) is 31.1 Å². The van der Waals surface area contributed by atoms with E-state index in [0.29, 0.717) is 6.54 Å². The van der Waals surface area contributed by atoms with Crippen LogP contribution in [0.2, 0.25) is 0 Å². The first-order valence-electron chi connectivity index (χ1n) is 6.46. The van der Waals surface area contributed by atoms with Crippen LogP contribution in [-0.4, -0.2) is 47.2 Å². The van der Waals surface area contributed by atoms with Gasteiger partial charge in [-0.3, -0.25) is 9.59 Å². The first kappa shape index (κ1) is 15.4. The zero-order chi connectivity index (χ0) is 14.3. The van der Waals surface area contributed by atoms with Crippen molar-refractivity contribution in [3.63, 3.8) is 0 Å². The predicted octanol–water partition coefficient (Wildman–Crippen LogP) is -0.190. The fourth-order valence-corrected chi connectivity index (χ4v) is 2.08. The average molecular weight is 272 g/mol. The summed E-state index contributed by atoms with van der Waals surface area (Å²) in [5.41, 5.74) is 0. The maximum Gasteiger partial charge on any atom is 0.326 e. The topological polar surface area (TPSA) is 116 Å². The molecule has 1 fully saturated rings. The predicted molar refractivity (Wildman–Crippen MR) is 66.6 cm³/mol. The molecule has 1 amide bonds. The van der Waals surface area contributed by atoms with Crippen molar-refractivity contribution in [3.05, 3.63) is 0 Å². The minimum Gasteiger partial charge on any atom is -0.481 e. The number of rotatable bonds is 7. The monoisotopic (exact) mass is 272 g/mol. The number of carboxylic acid groups (broad SMARTS) is 2. The van der Waals surface area contributed by atoms with Crippen molar-refractivity contribution < 1.29 is 24.6 Å². The van der Waals surface area contributed by atoms with Crippen LogP contribution in [0.5, 0.6) is 0 Å². The lowest BCUT2D eigenvalue weighted by molar-refractivity contribution is -0.143. The van der Waals surface area contributed by atoms with Crippen LogP contribution in [0.15, 0.2) is 0 Å². The number of nitrogens with one attached hydrogen (secondary N) is 2. The standard InChI is InChI=1S/C12H20N2O5/c15-10(16)5-1-4-9(12(18)19)14-11(17)8-3-2-6-13-7-8/h8-9,13H,1-7H2,(H,14,17)(H,15,16)(H,18,19)/t8-,9+/m0/s1. The van der Waals surface area contributed by atoms with Crippen LogP contribution in [-0.2, 0) is 14.4 Å². The number of amides is 1. The molecule has 108 valence electrons. The van der Waals surface area contributed by atoms with Gasteiger partial charge in [-0.1, -0.05) is 0 Å². The fourth-order valence-electron chi connectivity index (χ4n) is 2.08. The van der Waals surface area contributed by atoms with E-state index in [1.54, 1.807) is 0 Å². The number of hydrogen-bond donors (Lipinski definition) is 4. The van der Waals surface area contributed by atoms with Gasteiger partial charge in [0, 0.05) is 13.0 Å². The van der Waals surface area contributed by atoms with E-state index in [4.69, 9.17) is 10.2 Å². The molecule has 1 aliphatic rings. The van der Waals surface area contributed by atoms with Crippen molar-refractivity contribution in [2.24, 2.45) is 5.92 Å². The van der Waals surface area contributed by atoms with Gasteiger partial charge in [-0.25, -0.2) is 4.79 Å². The molecule has 1 rings (SSSR count). The Morgan fingerprint density at radius 1 is 1.32 bits per heavy atom. The molecule has 0 saturated carbocycles. The van der Waals surface area contributed by atoms with Crippen LogP contribution >= 0.6 is 0 Å². The van der Waals surface area contributed by atoms with Crippen LogP contribution in [0.3, 0.4) is 0 Å². The van der Waals surface area contributed by atoms with Gasteiger partial charge in [-0.05, 0) is 32.2 Å². The zero-order valence-electron chi connectivity index (χ0n) is 10.7. The van der Waals surface area contributed by atoms with Crippen molar-refractivity contribution in [1.29, 1.82) is 0 Å². The Balaban J connectivity index is 2.41. The third-order valence-electron chi connectivity index (χ3n) is 3.17. The van der Waals surface area contributed by atoms with Crippen LogP contribution in [0.1, 0.15) is 32.1 Å². The summed E-state index contributed by atoms with van der Waals surface area (Å²) in [6.45, 7) is 1.44. The minimum absolute atomic E-state index is 0.0926. The molecule has 1 aliphatic heterocycles. The van der Waals surface area contributed by atoms with E-state index < -0.39 is 18.0 Å². The number of carbonyl (C=O) groups is 3. The summed E-state index contributed by atoms with van der Waals surface area (Å²) in [6.07, 6.45) is 1.92. The van der Waals surface area contributed by atoms with Crippen molar-refractivity contribution in [3.8, 4) is 0 Å². The lowest BCUT2D eigenvalue weighted by Gasteiger charge is -2.24. The van der Waals surface area contributed by atoms with Crippen molar-refractivity contribution in [1.82, 2.24) is 10.6 Å². The molecule has 0 aromatic rings. The van der Waals surface area contributed by atoms with Gasteiger partial charge in [0.25, 0.3) is 0 Å². The van der Waals surface area contributed by atoms with E-state index in [0.717, 1.165) is 19.4 Å². The number of hydrogen-bond acceptors (Lipinski definition) is 4. The largest absolute Gasteiger partial charge is 0.481 e. The Morgan fingerprint density at radius 2 is 2.05 bits per heavy atom. The Hall–Kier alpha value is -1.63. The third kappa shape index (κ3) is 5.69. The molecule has 7 heteroatoms. The van der Waals surface area contributed by atoms with Gasteiger partial charge in [-0.2, -0.15) is 0 Å². The SMILES string of the molecule is O=C(O)CCC[C@@H](NC(=O)[C@H]1CCCNC1)C(=O)O. The van der Waals surface area contributed by atoms with Crippen LogP contribution < -0.4 is 10.6 Å². The molecule has 4 N–H and O–H groups in total. The Kier molecular flexibility index (Phi) is 6.27. The molecule has 0 aromatic heterocycles. The maximum absolute atomic E-state index is 11.9. The summed E-state index contributed by atoms with van der Waals surface area (Å²) >= 11 is 0. The lowest BCUT2D eigenvalue weighted by atomic mass is 9.98. The molecule has 0 aliphatic carbocycles. The van der Waals surface area contributed by atoms with E-state index in [1.165, 1.54) is 0 Å². The van der Waals surface area contributed by atoms with Gasteiger partial charge in [0.1, 0.15) is 6.04 Å². The van der Waals surface area contributed by atoms with Gasteiger partial charge >= 0.3 is 11.9 Å². The molecule has 7 nitrogen and oxygen atoms in total. The first-order valence-corrected chi connectivity index (χ1v) is 6.46. The Morgan fingerprint density at radius 3 is 2.58 bits per heavy atom. The maximum atomic E-state index is 11.9. The minimum atomic E-state index is -1.12. The van der Waals surface area contributed by atoms with E-state index >= 15 is 0 Å². The second-order valence-electron chi connectivity index (χ2n) is 4.73. The summed E-state index contributed by atoms with van der Waals surface area (Å²) in [4.78, 5) is 33.3. The van der Waals surface area contributed by atoms with Gasteiger partial charge in [0.15, 0.2) is 0 Å². The molecule has 1 heterocycles. The summed E-state index contributed by atoms with van der Waals surface area (Å²) in [6, 6.07) is -1.01. The lowest BCUT2D eigenvalue weighted by Crippen LogP contribution is -2.47. The number of carbonyl (C=O) groups excluding carboxylic acids is 1. The van der Waals surface area contributed by atoms with E-state index in [2.05, 4.69) is 10.6 Å². The van der Waals surface area contributed by atoms with Crippen LogP contribution in [0.4, 0.5) is 0 Å². The molecule has 1 saturated heterocycles. The van der Waals surface area contributed by atoms with Gasteiger partial charge in [0.2, 0.25) is 5.91 Å². The Labute approximate surface area is 111 Å². The normalized spacial score (nSPS) is 20.5. The molecule has 2 atom stereocenters. The van der Waals surface area contributed by atoms with Crippen molar-refractivity contribution in [2.75, 3.05) is 13.1 Å². The highest BCUT2D eigenvalue weighted by Crippen LogP contribution is 2.11. The van der Waals surface area contributed by atoms with E-state index in [9.17, 15) is 14.4 Å². The molecule has 0 unspecified atom stereocenters. The van der Waals surface area contributed by atoms with Crippen molar-refractivity contribution in [2.45, 2.75) is 38.1 Å². The van der Waals surface area contributed by atoms with Gasteiger partial charge in [-0.15, -0.1) is 0 Å². The Bertz CT molecular complexity index is 339. The molecular formula is C12H20N2O5. The molecule has 0 aromatic carbocycles. The molecule has 0 spiro atoms. The van der Waals surface area contributed by atoms with Gasteiger partial charge < -0.3 is 20.8 Å². The average Bonchev–Trinajstić information content (AvgIpc) is 2.37. The quantitative estimate of drug-likeness (QED) is 0.510. The molecule has 19 heavy (non-hydrogen) atoms. The zero-order valence-corrected chi connectivity index (χ0v) is 10.7. The number of carboxylic acids is 2. The van der Waals surface area contributed by atoms with E-state index in [1.807, 2.05) is 0 Å². The van der Waals surface area contributed by atoms with Crippen LogP contribution in [0.25, 0.3) is 0 Å². The second kappa shape index (κ2) is 7.73. The van der Waals surface area contributed by atoms with Crippen LogP contribution in [0, 0.1) is 5.92 Å². The number of aliphatic carboxylic acids is 2. The van der Waals surface area contributed by atoms with Crippen molar-refractivity contribution >= 4 is 17.8 Å². The first-order chi connectivity index (χ1) is 9.00. The summed E-state index contributed by atoms with van der Waals surface area (Å²) in [7, 11) is 0. The molecular weight excluding hydrogens is 252 g/mol. The summed E-state index contributed by atoms with van der Waals surface area (Å²) < 4.78 is 0. The fraction of sp³-hybridized carbons (Fsp3) is 0.750. The smallest absolute Gasteiger partial charge is 0.326 e. The molecule has 0 radical (unpaired) electrons. The summed E-state index contributed by atoms with van der Waals surface area (Å²) in [5.74, 6) is -2.56. The molecule has 0 bridgehead atoms. The van der Waals surface area contributed by atoms with Gasteiger partial charge in [0.05, 0.1) is 5.92 Å². The summed E-state index contributed by atoms with van der Waals surface area (Å²) in [5, 5.41) is 23.1. The highest BCUT2D eigenvalue weighted by atomic mass is 16.4.